The average Bonchev–Trinajstić information content (AvgIpc) is 3.32. The second-order valence-electron chi connectivity index (χ2n) is 7.14. The van der Waals surface area contributed by atoms with Crippen LogP contribution in [-0.4, -0.2) is 57.8 Å². The fourth-order valence-corrected chi connectivity index (χ4v) is 3.79. The fourth-order valence-electron chi connectivity index (χ4n) is 3.79. The van der Waals surface area contributed by atoms with Crippen LogP contribution in [0.2, 0.25) is 0 Å². The van der Waals surface area contributed by atoms with E-state index in [-0.39, 0.29) is 11.8 Å². The molecule has 2 fully saturated rings. The van der Waals surface area contributed by atoms with Gasteiger partial charge in [0, 0.05) is 39.0 Å². The van der Waals surface area contributed by atoms with E-state index in [0.717, 1.165) is 12.8 Å². The van der Waals surface area contributed by atoms with Crippen molar-refractivity contribution in [1.29, 1.82) is 0 Å². The van der Waals surface area contributed by atoms with Gasteiger partial charge in [0.2, 0.25) is 0 Å². The normalized spacial score (nSPS) is 19.5. The van der Waals surface area contributed by atoms with Crippen LogP contribution in [-0.2, 0) is 11.8 Å². The number of ether oxygens (including phenoxy) is 1. The lowest BCUT2D eigenvalue weighted by atomic mass is 9.80. The molecule has 0 spiro atoms. The van der Waals surface area contributed by atoms with Crippen molar-refractivity contribution in [2.24, 2.45) is 7.05 Å². The van der Waals surface area contributed by atoms with Crippen molar-refractivity contribution in [3.8, 4) is 0 Å². The molecule has 4 rings (SSSR count). The number of rotatable bonds is 5. The van der Waals surface area contributed by atoms with Crippen LogP contribution in [0.5, 0.6) is 0 Å². The van der Waals surface area contributed by atoms with E-state index in [0.29, 0.717) is 24.3 Å². The summed E-state index contributed by atoms with van der Waals surface area (Å²) >= 11 is 0. The first-order valence-corrected chi connectivity index (χ1v) is 8.70. The number of aryl methyl sites for hydroxylation is 1. The van der Waals surface area contributed by atoms with Crippen LogP contribution in [0.25, 0.3) is 0 Å². The number of hydrogen-bond donors (Lipinski definition) is 1. The van der Waals surface area contributed by atoms with Gasteiger partial charge >= 0.3 is 0 Å². The maximum absolute atomic E-state index is 12.7. The maximum Gasteiger partial charge on any atom is 0.274 e. The summed E-state index contributed by atoms with van der Waals surface area (Å²) in [6.07, 6.45) is 3.50. The Balaban J connectivity index is 1.52. The van der Waals surface area contributed by atoms with Crippen LogP contribution in [0.1, 0.15) is 33.7 Å². The molecule has 2 aliphatic rings. The average molecular weight is 354 g/mol. The number of amides is 2. The predicted octanol–water partition coefficient (Wildman–Crippen LogP) is 1.22. The summed E-state index contributed by atoms with van der Waals surface area (Å²) in [6, 6.07) is 10.8. The third-order valence-corrected chi connectivity index (χ3v) is 5.50. The molecule has 0 radical (unpaired) electrons. The molecule has 1 saturated heterocycles. The Kier molecular flexibility index (Phi) is 3.84. The Morgan fingerprint density at radius 3 is 2.38 bits per heavy atom. The van der Waals surface area contributed by atoms with Crippen LogP contribution >= 0.6 is 0 Å². The number of nitrogens with one attached hydrogen (secondary N) is 1. The van der Waals surface area contributed by atoms with Gasteiger partial charge in [0.05, 0.1) is 5.60 Å². The monoisotopic (exact) mass is 354 g/mol. The molecule has 1 aliphatic heterocycles. The van der Waals surface area contributed by atoms with Gasteiger partial charge in [-0.1, -0.05) is 18.2 Å². The van der Waals surface area contributed by atoms with E-state index in [2.05, 4.69) is 10.4 Å². The van der Waals surface area contributed by atoms with Crippen molar-refractivity contribution < 1.29 is 14.3 Å². The van der Waals surface area contributed by atoms with E-state index in [1.165, 1.54) is 0 Å². The molecule has 2 aromatic rings. The minimum atomic E-state index is -0.556. The Morgan fingerprint density at radius 2 is 1.85 bits per heavy atom. The number of nitrogens with zero attached hydrogens (tertiary/aromatic N) is 3. The Hall–Kier alpha value is -2.67. The van der Waals surface area contributed by atoms with Gasteiger partial charge in [0.15, 0.2) is 0 Å². The Bertz CT molecular complexity index is 835. The van der Waals surface area contributed by atoms with Gasteiger partial charge in [-0.05, 0) is 31.0 Å². The number of carbonyl (C=O) groups excluding carboxylic acids is 2. The van der Waals surface area contributed by atoms with E-state index in [1.807, 2.05) is 18.2 Å². The third-order valence-electron chi connectivity index (χ3n) is 5.50. The maximum atomic E-state index is 12.7. The number of benzene rings is 1. The zero-order chi connectivity index (χ0) is 18.4. The van der Waals surface area contributed by atoms with Gasteiger partial charge in [-0.25, -0.2) is 0 Å². The number of methoxy groups -OCH3 is 1. The quantitative estimate of drug-likeness (QED) is 0.876. The number of carbonyl (C=O) groups is 2. The zero-order valence-corrected chi connectivity index (χ0v) is 14.9. The molecule has 2 amide bonds. The van der Waals surface area contributed by atoms with E-state index in [1.54, 1.807) is 48.1 Å². The molecule has 0 unspecified atom stereocenters. The summed E-state index contributed by atoms with van der Waals surface area (Å²) in [5.74, 6) is -0.263. The number of likely N-dealkylation sites (tertiary alicyclic amines) is 1. The molecule has 2 heterocycles. The molecule has 1 aromatic heterocycles. The van der Waals surface area contributed by atoms with Crippen LogP contribution in [0, 0.1) is 0 Å². The summed E-state index contributed by atoms with van der Waals surface area (Å²) in [5, 5.41) is 7.33. The molecular formula is C19H22N4O3. The summed E-state index contributed by atoms with van der Waals surface area (Å²) in [7, 11) is 3.45. The smallest absolute Gasteiger partial charge is 0.274 e. The highest BCUT2D eigenvalue weighted by atomic mass is 16.5. The topological polar surface area (TPSA) is 76.5 Å². The van der Waals surface area contributed by atoms with Crippen molar-refractivity contribution in [3.05, 3.63) is 53.9 Å². The van der Waals surface area contributed by atoms with E-state index in [4.69, 9.17) is 4.74 Å². The predicted molar refractivity (Wildman–Crippen MR) is 94.7 cm³/mol. The number of hydrogen-bond acceptors (Lipinski definition) is 4. The highest BCUT2D eigenvalue weighted by molar-refractivity contribution is 5.96. The molecule has 0 atom stereocenters. The minimum absolute atomic E-state index is 0.123. The summed E-state index contributed by atoms with van der Waals surface area (Å²) in [6.45, 7) is 0.851. The van der Waals surface area contributed by atoms with Gasteiger partial charge < -0.3 is 15.0 Å². The largest absolute Gasteiger partial charge is 0.376 e. The second-order valence-corrected chi connectivity index (χ2v) is 7.14. The SMILES string of the molecule is COC1(C2(NC(=O)c3ccccc3)CN(C(=O)c3ccn(C)n3)C2)CC1. The van der Waals surface area contributed by atoms with Crippen LogP contribution < -0.4 is 5.32 Å². The highest BCUT2D eigenvalue weighted by Gasteiger charge is 2.66. The van der Waals surface area contributed by atoms with Crippen LogP contribution in [0.4, 0.5) is 0 Å². The van der Waals surface area contributed by atoms with Crippen molar-refractivity contribution in [2.75, 3.05) is 20.2 Å². The van der Waals surface area contributed by atoms with Gasteiger partial charge in [-0.15, -0.1) is 0 Å². The lowest BCUT2D eigenvalue weighted by molar-refractivity contribution is -0.0710. The standard InChI is InChI=1S/C19H22N4O3/c1-22-11-8-15(21-22)17(25)23-12-18(13-23,19(26-2)9-10-19)20-16(24)14-6-4-3-5-7-14/h3-8,11H,9-10,12-13H2,1-2H3,(H,20,24). The van der Waals surface area contributed by atoms with Crippen molar-refractivity contribution in [3.63, 3.8) is 0 Å². The third kappa shape index (κ3) is 2.59. The molecule has 7 heteroatoms. The summed E-state index contributed by atoms with van der Waals surface area (Å²) < 4.78 is 7.36. The molecule has 7 nitrogen and oxygen atoms in total. The molecule has 26 heavy (non-hydrogen) atoms. The lowest BCUT2D eigenvalue weighted by Crippen LogP contribution is -2.77. The molecular weight excluding hydrogens is 332 g/mol. The molecule has 1 aliphatic carbocycles. The van der Waals surface area contributed by atoms with E-state index < -0.39 is 11.1 Å². The van der Waals surface area contributed by atoms with Crippen molar-refractivity contribution in [2.45, 2.75) is 24.0 Å². The van der Waals surface area contributed by atoms with Crippen molar-refractivity contribution >= 4 is 11.8 Å². The number of aromatic nitrogens is 2. The second kappa shape index (κ2) is 5.95. The first kappa shape index (κ1) is 16.8. The first-order valence-electron chi connectivity index (χ1n) is 8.70. The molecule has 1 aromatic carbocycles. The Morgan fingerprint density at radius 1 is 1.15 bits per heavy atom. The van der Waals surface area contributed by atoms with Gasteiger partial charge in [-0.3, -0.25) is 14.3 Å². The van der Waals surface area contributed by atoms with E-state index >= 15 is 0 Å². The summed E-state index contributed by atoms with van der Waals surface area (Å²) in [5.41, 5.74) is 0.0725. The van der Waals surface area contributed by atoms with Gasteiger partial charge in [0.25, 0.3) is 11.8 Å². The van der Waals surface area contributed by atoms with Gasteiger partial charge in [0.1, 0.15) is 11.2 Å². The minimum Gasteiger partial charge on any atom is -0.376 e. The fraction of sp³-hybridized carbons (Fsp3) is 0.421. The van der Waals surface area contributed by atoms with Crippen LogP contribution in [0.15, 0.2) is 42.6 Å². The zero-order valence-electron chi connectivity index (χ0n) is 14.9. The van der Waals surface area contributed by atoms with Crippen molar-refractivity contribution in [1.82, 2.24) is 20.0 Å². The van der Waals surface area contributed by atoms with Crippen LogP contribution in [0.3, 0.4) is 0 Å². The van der Waals surface area contributed by atoms with E-state index in [9.17, 15) is 9.59 Å². The first-order chi connectivity index (χ1) is 12.5. The Labute approximate surface area is 151 Å². The lowest BCUT2D eigenvalue weighted by Gasteiger charge is -2.54. The van der Waals surface area contributed by atoms with Gasteiger partial charge in [-0.2, -0.15) is 5.10 Å². The summed E-state index contributed by atoms with van der Waals surface area (Å²) in [4.78, 5) is 27.0. The highest BCUT2D eigenvalue weighted by Crippen LogP contribution is 2.51. The molecule has 136 valence electrons. The molecule has 1 saturated carbocycles. The molecule has 0 bridgehead atoms. The molecule has 1 N–H and O–H groups in total.